The van der Waals surface area contributed by atoms with Gasteiger partial charge in [-0.3, -0.25) is 4.79 Å². The Kier molecular flexibility index (Phi) is 4.63. The van der Waals surface area contributed by atoms with Gasteiger partial charge in [0.15, 0.2) is 5.13 Å². The first kappa shape index (κ1) is 16.0. The van der Waals surface area contributed by atoms with E-state index in [1.54, 1.807) is 11.3 Å². The molecule has 0 bridgehead atoms. The van der Waals surface area contributed by atoms with Crippen LogP contribution in [0.25, 0.3) is 10.2 Å². The Hall–Kier alpha value is -1.92. The van der Waals surface area contributed by atoms with Gasteiger partial charge in [-0.1, -0.05) is 39.4 Å². The number of hydrogen-bond acceptors (Lipinski definition) is 4. The number of halogens is 1. The average molecular weight is 390 g/mol. The Morgan fingerprint density at radius 3 is 2.83 bits per heavy atom. The molecule has 0 spiro atoms. The predicted octanol–water partition coefficient (Wildman–Crippen LogP) is 4.44. The lowest BCUT2D eigenvalue weighted by molar-refractivity contribution is -0.114. The molecule has 0 aliphatic heterocycles. The smallest absolute Gasteiger partial charge is 0.243 e. The molecule has 0 radical (unpaired) electrons. The Balaban J connectivity index is 1.69. The standard InChI is InChI=1S/C17H16BrN3OS/c1-11-9-12(18)7-8-13(11)19-16(22)10-21(2)17-20-14-5-3-4-6-15(14)23-17/h3-9H,10H2,1-2H3,(H,19,22). The lowest BCUT2D eigenvalue weighted by atomic mass is 10.2. The number of para-hydroxylation sites is 1. The van der Waals surface area contributed by atoms with E-state index in [1.807, 2.05) is 61.3 Å². The van der Waals surface area contributed by atoms with Crippen molar-refractivity contribution < 1.29 is 4.79 Å². The minimum Gasteiger partial charge on any atom is -0.342 e. The fourth-order valence-corrected chi connectivity index (χ4v) is 3.66. The van der Waals surface area contributed by atoms with E-state index in [1.165, 1.54) is 0 Å². The molecule has 0 fully saturated rings. The quantitative estimate of drug-likeness (QED) is 0.716. The van der Waals surface area contributed by atoms with Crippen LogP contribution in [-0.2, 0) is 4.79 Å². The molecule has 3 aromatic rings. The summed E-state index contributed by atoms with van der Waals surface area (Å²) >= 11 is 5.01. The van der Waals surface area contributed by atoms with Crippen molar-refractivity contribution in [2.24, 2.45) is 0 Å². The summed E-state index contributed by atoms with van der Waals surface area (Å²) in [5, 5.41) is 3.79. The van der Waals surface area contributed by atoms with Crippen molar-refractivity contribution in [1.29, 1.82) is 0 Å². The number of benzene rings is 2. The molecule has 1 aromatic heterocycles. The summed E-state index contributed by atoms with van der Waals surface area (Å²) < 4.78 is 2.12. The van der Waals surface area contributed by atoms with E-state index in [0.717, 1.165) is 31.1 Å². The van der Waals surface area contributed by atoms with Crippen molar-refractivity contribution in [2.45, 2.75) is 6.92 Å². The number of nitrogens with zero attached hydrogens (tertiary/aromatic N) is 2. The zero-order valence-corrected chi connectivity index (χ0v) is 15.2. The normalized spacial score (nSPS) is 10.7. The Morgan fingerprint density at radius 1 is 1.30 bits per heavy atom. The van der Waals surface area contributed by atoms with Crippen molar-refractivity contribution in [3.05, 3.63) is 52.5 Å². The first-order valence-electron chi connectivity index (χ1n) is 7.15. The third-order valence-electron chi connectivity index (χ3n) is 3.45. The second-order valence-electron chi connectivity index (χ2n) is 5.33. The molecule has 1 N–H and O–H groups in total. The largest absolute Gasteiger partial charge is 0.342 e. The molecule has 4 nitrogen and oxygen atoms in total. The van der Waals surface area contributed by atoms with Crippen molar-refractivity contribution in [3.63, 3.8) is 0 Å². The lowest BCUT2D eigenvalue weighted by Gasteiger charge is -2.16. The van der Waals surface area contributed by atoms with Crippen LogP contribution in [0.15, 0.2) is 46.9 Å². The second kappa shape index (κ2) is 6.68. The summed E-state index contributed by atoms with van der Waals surface area (Å²) in [6, 6.07) is 13.8. The molecular formula is C17H16BrN3OS. The van der Waals surface area contributed by atoms with Crippen LogP contribution >= 0.6 is 27.3 Å². The Labute approximate surface area is 147 Å². The van der Waals surface area contributed by atoms with Crippen molar-refractivity contribution in [2.75, 3.05) is 23.8 Å². The zero-order chi connectivity index (χ0) is 16.4. The Bertz CT molecular complexity index is 829. The minimum absolute atomic E-state index is 0.0582. The van der Waals surface area contributed by atoms with Crippen LogP contribution in [0.4, 0.5) is 10.8 Å². The molecule has 0 unspecified atom stereocenters. The zero-order valence-electron chi connectivity index (χ0n) is 12.8. The molecule has 0 saturated carbocycles. The van der Waals surface area contributed by atoms with Crippen LogP contribution in [0, 0.1) is 6.92 Å². The summed E-state index contributed by atoms with van der Waals surface area (Å²) in [5.41, 5.74) is 2.81. The minimum atomic E-state index is -0.0582. The van der Waals surface area contributed by atoms with Crippen molar-refractivity contribution >= 4 is 54.2 Å². The van der Waals surface area contributed by atoms with Gasteiger partial charge in [0.25, 0.3) is 0 Å². The fourth-order valence-electron chi connectivity index (χ4n) is 2.26. The number of aromatic nitrogens is 1. The van der Waals surface area contributed by atoms with Gasteiger partial charge in [0, 0.05) is 17.2 Å². The lowest BCUT2D eigenvalue weighted by Crippen LogP contribution is -2.30. The van der Waals surface area contributed by atoms with Crippen molar-refractivity contribution in [3.8, 4) is 0 Å². The number of carbonyl (C=O) groups excluding carboxylic acids is 1. The van der Waals surface area contributed by atoms with Gasteiger partial charge in [0.2, 0.25) is 5.91 Å². The number of fused-ring (bicyclic) bond motifs is 1. The summed E-state index contributed by atoms with van der Waals surface area (Å²) in [6.45, 7) is 2.23. The van der Waals surface area contributed by atoms with Gasteiger partial charge in [0.1, 0.15) is 0 Å². The number of likely N-dealkylation sites (N-methyl/N-ethyl adjacent to an activating group) is 1. The number of thiazole rings is 1. The van der Waals surface area contributed by atoms with E-state index in [4.69, 9.17) is 0 Å². The highest BCUT2D eigenvalue weighted by atomic mass is 79.9. The van der Waals surface area contributed by atoms with Gasteiger partial charge >= 0.3 is 0 Å². The molecule has 0 aliphatic carbocycles. The highest BCUT2D eigenvalue weighted by Crippen LogP contribution is 2.27. The Morgan fingerprint density at radius 2 is 2.09 bits per heavy atom. The molecule has 2 aromatic carbocycles. The number of rotatable bonds is 4. The monoisotopic (exact) mass is 389 g/mol. The van der Waals surface area contributed by atoms with E-state index >= 15 is 0 Å². The molecule has 6 heteroatoms. The van der Waals surface area contributed by atoms with E-state index in [9.17, 15) is 4.79 Å². The molecule has 3 rings (SSSR count). The maximum atomic E-state index is 12.3. The molecular weight excluding hydrogens is 374 g/mol. The van der Waals surface area contributed by atoms with Crippen LogP contribution in [0.5, 0.6) is 0 Å². The fraction of sp³-hybridized carbons (Fsp3) is 0.176. The second-order valence-corrected chi connectivity index (χ2v) is 7.25. The molecule has 0 aliphatic rings. The maximum absolute atomic E-state index is 12.3. The van der Waals surface area contributed by atoms with Gasteiger partial charge in [-0.2, -0.15) is 0 Å². The van der Waals surface area contributed by atoms with Crippen LogP contribution in [-0.4, -0.2) is 24.5 Å². The third-order valence-corrected chi connectivity index (χ3v) is 5.10. The summed E-state index contributed by atoms with van der Waals surface area (Å²) in [7, 11) is 1.88. The third kappa shape index (κ3) is 3.71. The van der Waals surface area contributed by atoms with Crippen LogP contribution < -0.4 is 10.2 Å². The van der Waals surface area contributed by atoms with Gasteiger partial charge in [-0.05, 0) is 42.8 Å². The molecule has 23 heavy (non-hydrogen) atoms. The number of anilines is 2. The van der Waals surface area contributed by atoms with E-state index < -0.39 is 0 Å². The van der Waals surface area contributed by atoms with E-state index in [-0.39, 0.29) is 12.5 Å². The highest BCUT2D eigenvalue weighted by molar-refractivity contribution is 9.10. The predicted molar refractivity (Wildman–Crippen MR) is 100 cm³/mol. The molecule has 0 atom stereocenters. The van der Waals surface area contributed by atoms with Gasteiger partial charge < -0.3 is 10.2 Å². The van der Waals surface area contributed by atoms with Crippen molar-refractivity contribution in [1.82, 2.24) is 4.98 Å². The number of aryl methyl sites for hydroxylation is 1. The SMILES string of the molecule is Cc1cc(Br)ccc1NC(=O)CN(C)c1nc2ccccc2s1. The first-order valence-corrected chi connectivity index (χ1v) is 8.76. The number of amides is 1. The number of hydrogen-bond donors (Lipinski definition) is 1. The summed E-state index contributed by atoms with van der Waals surface area (Å²) in [6.07, 6.45) is 0. The summed E-state index contributed by atoms with van der Waals surface area (Å²) in [5.74, 6) is -0.0582. The summed E-state index contributed by atoms with van der Waals surface area (Å²) in [4.78, 5) is 18.7. The first-order chi connectivity index (χ1) is 11.0. The molecule has 1 amide bonds. The van der Waals surface area contributed by atoms with Gasteiger partial charge in [-0.15, -0.1) is 0 Å². The molecule has 1 heterocycles. The average Bonchev–Trinajstić information content (AvgIpc) is 2.94. The number of carbonyl (C=O) groups is 1. The van der Waals surface area contributed by atoms with Gasteiger partial charge in [0.05, 0.1) is 16.8 Å². The van der Waals surface area contributed by atoms with E-state index in [0.29, 0.717) is 0 Å². The van der Waals surface area contributed by atoms with Crippen LogP contribution in [0.1, 0.15) is 5.56 Å². The van der Waals surface area contributed by atoms with Gasteiger partial charge in [-0.25, -0.2) is 4.98 Å². The number of nitrogens with one attached hydrogen (secondary N) is 1. The maximum Gasteiger partial charge on any atom is 0.243 e. The van der Waals surface area contributed by atoms with E-state index in [2.05, 4.69) is 26.2 Å². The van der Waals surface area contributed by atoms with Crippen LogP contribution in [0.3, 0.4) is 0 Å². The molecule has 118 valence electrons. The van der Waals surface area contributed by atoms with Crippen LogP contribution in [0.2, 0.25) is 0 Å². The highest BCUT2D eigenvalue weighted by Gasteiger charge is 2.12. The topological polar surface area (TPSA) is 45.2 Å². The molecule has 0 saturated heterocycles.